The highest BCUT2D eigenvalue weighted by Gasteiger charge is 2.17. The van der Waals surface area contributed by atoms with Crippen LogP contribution in [-0.2, 0) is 10.0 Å². The van der Waals surface area contributed by atoms with Crippen LogP contribution >= 0.6 is 0 Å². The van der Waals surface area contributed by atoms with Crippen molar-refractivity contribution >= 4 is 27.3 Å². The third-order valence-corrected chi connectivity index (χ3v) is 3.97. The van der Waals surface area contributed by atoms with Crippen LogP contribution in [0.2, 0.25) is 0 Å². The van der Waals surface area contributed by atoms with E-state index < -0.39 is 15.9 Å². The number of anilines is 2. The van der Waals surface area contributed by atoms with Crippen molar-refractivity contribution in [3.05, 3.63) is 54.1 Å². The van der Waals surface area contributed by atoms with Crippen LogP contribution in [0.4, 0.5) is 11.4 Å². The maximum absolute atomic E-state index is 12.2. The van der Waals surface area contributed by atoms with Gasteiger partial charge in [-0.3, -0.25) is 9.52 Å². The average molecular weight is 291 g/mol. The summed E-state index contributed by atoms with van der Waals surface area (Å²) in [6.07, 6.45) is 0. The molecule has 7 heteroatoms. The van der Waals surface area contributed by atoms with Gasteiger partial charge in [-0.25, -0.2) is 8.42 Å². The van der Waals surface area contributed by atoms with E-state index in [1.807, 2.05) is 0 Å². The second kappa shape index (κ2) is 5.22. The Kier molecular flexibility index (Phi) is 3.62. The van der Waals surface area contributed by atoms with Gasteiger partial charge in [-0.05, 0) is 30.3 Å². The molecule has 0 aromatic heterocycles. The topological polar surface area (TPSA) is 115 Å². The summed E-state index contributed by atoms with van der Waals surface area (Å²) in [6.45, 7) is 0. The summed E-state index contributed by atoms with van der Waals surface area (Å²) >= 11 is 0. The fourth-order valence-electron chi connectivity index (χ4n) is 1.67. The molecule has 2 aromatic carbocycles. The van der Waals surface area contributed by atoms with E-state index in [-0.39, 0.29) is 16.1 Å². The van der Waals surface area contributed by atoms with E-state index in [4.69, 9.17) is 11.5 Å². The zero-order chi connectivity index (χ0) is 14.8. The van der Waals surface area contributed by atoms with Crippen molar-refractivity contribution in [1.82, 2.24) is 0 Å². The van der Waals surface area contributed by atoms with Gasteiger partial charge in [0.2, 0.25) is 0 Å². The lowest BCUT2D eigenvalue weighted by Gasteiger charge is -2.11. The Morgan fingerprint density at radius 2 is 1.75 bits per heavy atom. The number of amides is 1. The standard InChI is InChI=1S/C13H13N3O3S/c14-9-4-3-5-10(8-9)20(18,19)16-12-7-2-1-6-11(12)13(15)17/h1-8,16H,14H2,(H2,15,17). The molecule has 1 amide bonds. The minimum atomic E-state index is -3.83. The van der Waals surface area contributed by atoms with E-state index in [0.717, 1.165) is 0 Å². The summed E-state index contributed by atoms with van der Waals surface area (Å²) < 4.78 is 26.7. The summed E-state index contributed by atoms with van der Waals surface area (Å²) in [5, 5.41) is 0. The lowest BCUT2D eigenvalue weighted by molar-refractivity contribution is 0.100. The maximum Gasteiger partial charge on any atom is 0.261 e. The van der Waals surface area contributed by atoms with Gasteiger partial charge in [-0.15, -0.1) is 0 Å². The van der Waals surface area contributed by atoms with Crippen molar-refractivity contribution in [2.24, 2.45) is 5.73 Å². The minimum Gasteiger partial charge on any atom is -0.399 e. The van der Waals surface area contributed by atoms with Gasteiger partial charge in [0.05, 0.1) is 16.1 Å². The predicted octanol–water partition coefficient (Wildman–Crippen LogP) is 1.17. The van der Waals surface area contributed by atoms with Crippen LogP contribution in [0.25, 0.3) is 0 Å². The van der Waals surface area contributed by atoms with Crippen LogP contribution in [0.5, 0.6) is 0 Å². The largest absolute Gasteiger partial charge is 0.399 e. The summed E-state index contributed by atoms with van der Waals surface area (Å²) in [6, 6.07) is 12.0. The molecule has 0 fully saturated rings. The van der Waals surface area contributed by atoms with Crippen molar-refractivity contribution in [3.8, 4) is 0 Å². The van der Waals surface area contributed by atoms with Gasteiger partial charge in [-0.2, -0.15) is 0 Å². The quantitative estimate of drug-likeness (QED) is 0.733. The third kappa shape index (κ3) is 2.89. The Hall–Kier alpha value is -2.54. The molecule has 2 aromatic rings. The minimum absolute atomic E-state index is 0.0109. The Balaban J connectivity index is 2.41. The predicted molar refractivity (Wildman–Crippen MR) is 76.6 cm³/mol. The van der Waals surface area contributed by atoms with Crippen LogP contribution in [-0.4, -0.2) is 14.3 Å². The number of nitrogen functional groups attached to an aromatic ring is 1. The molecule has 0 spiro atoms. The molecule has 0 bridgehead atoms. The first-order chi connectivity index (χ1) is 9.40. The number of hydrogen-bond acceptors (Lipinski definition) is 4. The Morgan fingerprint density at radius 3 is 2.40 bits per heavy atom. The molecule has 0 radical (unpaired) electrons. The number of primary amides is 1. The molecule has 5 N–H and O–H groups in total. The Morgan fingerprint density at radius 1 is 1.05 bits per heavy atom. The summed E-state index contributed by atoms with van der Waals surface area (Å²) in [5.74, 6) is -0.712. The molecule has 0 saturated heterocycles. The fraction of sp³-hybridized carbons (Fsp3) is 0. The summed E-state index contributed by atoms with van der Waals surface area (Å²) in [7, 11) is -3.83. The first kappa shape index (κ1) is 13.9. The molecule has 20 heavy (non-hydrogen) atoms. The first-order valence-corrected chi connectivity index (χ1v) is 7.15. The van der Waals surface area contributed by atoms with Crippen LogP contribution in [0.3, 0.4) is 0 Å². The van der Waals surface area contributed by atoms with E-state index in [9.17, 15) is 13.2 Å². The van der Waals surface area contributed by atoms with Crippen molar-refractivity contribution in [1.29, 1.82) is 0 Å². The fourth-order valence-corrected chi connectivity index (χ4v) is 2.81. The van der Waals surface area contributed by atoms with Crippen LogP contribution in [0.1, 0.15) is 10.4 Å². The second-order valence-electron chi connectivity index (χ2n) is 4.09. The zero-order valence-electron chi connectivity index (χ0n) is 10.4. The number of benzene rings is 2. The number of nitrogens with two attached hydrogens (primary N) is 2. The van der Waals surface area contributed by atoms with E-state index >= 15 is 0 Å². The van der Waals surface area contributed by atoms with Crippen LogP contribution in [0, 0.1) is 0 Å². The number of carbonyl (C=O) groups excluding carboxylic acids is 1. The molecule has 0 atom stereocenters. The van der Waals surface area contributed by atoms with Gasteiger partial charge >= 0.3 is 0 Å². The van der Waals surface area contributed by atoms with E-state index in [1.54, 1.807) is 18.2 Å². The van der Waals surface area contributed by atoms with Crippen LogP contribution in [0.15, 0.2) is 53.4 Å². The number of nitrogens with one attached hydrogen (secondary N) is 1. The van der Waals surface area contributed by atoms with Gasteiger partial charge in [0.25, 0.3) is 15.9 Å². The summed E-state index contributed by atoms with van der Waals surface area (Å²) in [5.41, 5.74) is 11.3. The maximum atomic E-state index is 12.2. The molecule has 0 unspecified atom stereocenters. The first-order valence-electron chi connectivity index (χ1n) is 5.67. The second-order valence-corrected chi connectivity index (χ2v) is 5.77. The van der Waals surface area contributed by atoms with Crippen molar-refractivity contribution < 1.29 is 13.2 Å². The summed E-state index contributed by atoms with van der Waals surface area (Å²) in [4.78, 5) is 11.3. The van der Waals surface area contributed by atoms with E-state index in [2.05, 4.69) is 4.72 Å². The van der Waals surface area contributed by atoms with Gasteiger partial charge in [0, 0.05) is 5.69 Å². The molecule has 0 aliphatic rings. The normalized spacial score (nSPS) is 11.0. The molecule has 0 saturated carbocycles. The van der Waals surface area contributed by atoms with Gasteiger partial charge in [-0.1, -0.05) is 18.2 Å². The van der Waals surface area contributed by atoms with Crippen molar-refractivity contribution in [2.45, 2.75) is 4.90 Å². The molecular formula is C13H13N3O3S. The SMILES string of the molecule is NC(=O)c1ccccc1NS(=O)(=O)c1cccc(N)c1. The van der Waals surface area contributed by atoms with Gasteiger partial charge < -0.3 is 11.5 Å². The molecule has 0 heterocycles. The van der Waals surface area contributed by atoms with Crippen molar-refractivity contribution in [3.63, 3.8) is 0 Å². The number of para-hydroxylation sites is 1. The number of carbonyl (C=O) groups is 1. The molecule has 104 valence electrons. The number of sulfonamides is 1. The number of rotatable bonds is 4. The molecular weight excluding hydrogens is 278 g/mol. The zero-order valence-corrected chi connectivity index (χ0v) is 11.2. The molecule has 6 nitrogen and oxygen atoms in total. The van der Waals surface area contributed by atoms with E-state index in [0.29, 0.717) is 5.69 Å². The number of hydrogen-bond donors (Lipinski definition) is 3. The highest BCUT2D eigenvalue weighted by Crippen LogP contribution is 2.20. The third-order valence-electron chi connectivity index (χ3n) is 2.61. The highest BCUT2D eigenvalue weighted by molar-refractivity contribution is 7.92. The highest BCUT2D eigenvalue weighted by atomic mass is 32.2. The van der Waals surface area contributed by atoms with Gasteiger partial charge in [0.15, 0.2) is 0 Å². The Bertz CT molecular complexity index is 757. The lowest BCUT2D eigenvalue weighted by Crippen LogP contribution is -2.18. The smallest absolute Gasteiger partial charge is 0.261 e. The Labute approximate surface area is 116 Å². The monoisotopic (exact) mass is 291 g/mol. The van der Waals surface area contributed by atoms with Gasteiger partial charge in [0.1, 0.15) is 0 Å². The molecule has 0 aliphatic heterocycles. The average Bonchev–Trinajstić information content (AvgIpc) is 2.38. The van der Waals surface area contributed by atoms with Crippen LogP contribution < -0.4 is 16.2 Å². The lowest BCUT2D eigenvalue weighted by atomic mass is 10.2. The molecule has 0 aliphatic carbocycles. The van der Waals surface area contributed by atoms with E-state index in [1.165, 1.54) is 30.3 Å². The van der Waals surface area contributed by atoms with Crippen molar-refractivity contribution in [2.75, 3.05) is 10.5 Å². The molecule has 2 rings (SSSR count).